The van der Waals surface area contributed by atoms with Crippen LogP contribution in [0, 0.1) is 5.82 Å². The summed E-state index contributed by atoms with van der Waals surface area (Å²) in [6.45, 7) is 4.74. The molecule has 3 amide bonds. The molecule has 2 saturated heterocycles. The minimum absolute atomic E-state index is 0.0111. The number of anilines is 1. The highest BCUT2D eigenvalue weighted by Crippen LogP contribution is 2.36. The summed E-state index contributed by atoms with van der Waals surface area (Å²) in [5.41, 5.74) is -0.413. The second-order valence-corrected chi connectivity index (χ2v) is 9.60. The molecule has 0 bridgehead atoms. The maximum Gasteiger partial charge on any atom is 0.415 e. The van der Waals surface area contributed by atoms with E-state index < -0.39 is 17.0 Å². The number of likely N-dealkylation sites (tertiary alicyclic amines) is 1. The third-order valence-corrected chi connectivity index (χ3v) is 6.46. The third-order valence-electron chi connectivity index (χ3n) is 6.46. The minimum atomic E-state index is -1.12. The smallest absolute Gasteiger partial charge is 0.415 e. The summed E-state index contributed by atoms with van der Waals surface area (Å²) < 4.78 is 19.2. The van der Waals surface area contributed by atoms with Crippen LogP contribution < -0.4 is 10.2 Å². The fourth-order valence-electron chi connectivity index (χ4n) is 4.73. The average Bonchev–Trinajstić information content (AvgIpc) is 2.98. The van der Waals surface area contributed by atoms with E-state index in [9.17, 15) is 18.8 Å². The van der Waals surface area contributed by atoms with Gasteiger partial charge in [-0.25, -0.2) is 9.18 Å². The third kappa shape index (κ3) is 5.21. The molecular formula is C26H30FN3O4. The quantitative estimate of drug-likeness (QED) is 0.728. The van der Waals surface area contributed by atoms with Crippen molar-refractivity contribution >= 4 is 23.6 Å². The monoisotopic (exact) mass is 467 g/mol. The number of carbonyl (C=O) groups excluding carboxylic acids is 3. The zero-order valence-corrected chi connectivity index (χ0v) is 19.6. The van der Waals surface area contributed by atoms with Crippen LogP contribution in [0.15, 0.2) is 54.6 Å². The van der Waals surface area contributed by atoms with Gasteiger partial charge in [0.1, 0.15) is 17.0 Å². The zero-order valence-electron chi connectivity index (χ0n) is 19.6. The van der Waals surface area contributed by atoms with Crippen molar-refractivity contribution in [2.24, 2.45) is 0 Å². The molecule has 8 heteroatoms. The van der Waals surface area contributed by atoms with Crippen molar-refractivity contribution in [3.63, 3.8) is 0 Å². The highest BCUT2D eigenvalue weighted by Gasteiger charge is 2.47. The van der Waals surface area contributed by atoms with E-state index in [0.29, 0.717) is 44.5 Å². The van der Waals surface area contributed by atoms with Gasteiger partial charge in [0, 0.05) is 25.2 Å². The van der Waals surface area contributed by atoms with Crippen molar-refractivity contribution in [3.05, 3.63) is 66.0 Å². The van der Waals surface area contributed by atoms with Crippen LogP contribution in [0.3, 0.4) is 0 Å². The van der Waals surface area contributed by atoms with Crippen molar-refractivity contribution < 1.29 is 23.5 Å². The van der Waals surface area contributed by atoms with Crippen LogP contribution in [0.25, 0.3) is 0 Å². The van der Waals surface area contributed by atoms with Gasteiger partial charge >= 0.3 is 6.09 Å². The summed E-state index contributed by atoms with van der Waals surface area (Å²) in [6, 6.07) is 15.3. The maximum absolute atomic E-state index is 13.4. The van der Waals surface area contributed by atoms with Crippen LogP contribution in [-0.2, 0) is 20.7 Å². The molecule has 2 fully saturated rings. The van der Waals surface area contributed by atoms with Gasteiger partial charge in [-0.15, -0.1) is 0 Å². The summed E-state index contributed by atoms with van der Waals surface area (Å²) in [7, 11) is 0. The molecule has 180 valence electrons. The van der Waals surface area contributed by atoms with E-state index in [-0.39, 0.29) is 24.3 Å². The van der Waals surface area contributed by atoms with E-state index in [1.807, 2.05) is 30.3 Å². The lowest BCUT2D eigenvalue weighted by molar-refractivity contribution is -0.140. The summed E-state index contributed by atoms with van der Waals surface area (Å²) >= 11 is 0. The standard InChI is InChI=1S/C26H30FN3O4/c1-25(2,28-22(31)17-19-8-6-9-20(27)16-19)23(32)29-14-7-12-26(13-15-29)18-30(24(33)34-26)21-10-4-3-5-11-21/h3-6,8-11,16H,7,12-15,17-18H2,1-2H3,(H,28,31)/t26-/m0/s1. The number of halogens is 1. The number of ether oxygens (including phenoxy) is 1. The van der Waals surface area contributed by atoms with Crippen LogP contribution in [0.4, 0.5) is 14.9 Å². The molecule has 0 aliphatic carbocycles. The van der Waals surface area contributed by atoms with E-state index in [0.717, 1.165) is 5.69 Å². The zero-order chi connectivity index (χ0) is 24.3. The van der Waals surface area contributed by atoms with Gasteiger partial charge in [0.25, 0.3) is 0 Å². The van der Waals surface area contributed by atoms with Gasteiger partial charge in [0.15, 0.2) is 0 Å². The number of amides is 3. The molecule has 2 aromatic carbocycles. The van der Waals surface area contributed by atoms with Gasteiger partial charge < -0.3 is 15.0 Å². The first-order chi connectivity index (χ1) is 16.2. The van der Waals surface area contributed by atoms with Crippen LogP contribution in [-0.4, -0.2) is 53.6 Å². The van der Waals surface area contributed by atoms with Gasteiger partial charge in [-0.3, -0.25) is 14.5 Å². The molecule has 34 heavy (non-hydrogen) atoms. The van der Waals surface area contributed by atoms with Crippen LogP contribution >= 0.6 is 0 Å². The van der Waals surface area contributed by atoms with Crippen molar-refractivity contribution in [2.45, 2.75) is 50.7 Å². The number of nitrogens with one attached hydrogen (secondary N) is 1. The predicted octanol–water partition coefficient (Wildman–Crippen LogP) is 3.67. The second-order valence-electron chi connectivity index (χ2n) is 9.60. The molecule has 0 radical (unpaired) electrons. The first-order valence-electron chi connectivity index (χ1n) is 11.6. The molecule has 2 aromatic rings. The van der Waals surface area contributed by atoms with Gasteiger partial charge in [0.05, 0.1) is 13.0 Å². The largest absolute Gasteiger partial charge is 0.441 e. The number of nitrogens with zero attached hydrogens (tertiary/aromatic N) is 2. The Balaban J connectivity index is 1.37. The van der Waals surface area contributed by atoms with Crippen molar-refractivity contribution in [3.8, 4) is 0 Å². The van der Waals surface area contributed by atoms with Crippen LogP contribution in [0.1, 0.15) is 38.7 Å². The number of rotatable bonds is 5. The molecule has 0 unspecified atom stereocenters. The summed E-state index contributed by atoms with van der Waals surface area (Å²) in [4.78, 5) is 41.8. The first kappa shape index (κ1) is 23.7. The van der Waals surface area contributed by atoms with Gasteiger partial charge in [-0.05, 0) is 56.5 Å². The number of hydrogen-bond acceptors (Lipinski definition) is 4. The molecule has 1 atom stereocenters. The lowest BCUT2D eigenvalue weighted by atomic mass is 9.94. The van der Waals surface area contributed by atoms with Gasteiger partial charge in [0.2, 0.25) is 11.8 Å². The first-order valence-corrected chi connectivity index (χ1v) is 11.6. The number of para-hydroxylation sites is 1. The Morgan fingerprint density at radius 3 is 2.59 bits per heavy atom. The normalized spacial score (nSPS) is 20.7. The Kier molecular flexibility index (Phi) is 6.59. The number of benzene rings is 2. The topological polar surface area (TPSA) is 79.0 Å². The Bertz CT molecular complexity index is 1070. The molecule has 0 aromatic heterocycles. The SMILES string of the molecule is CC(C)(NC(=O)Cc1cccc(F)c1)C(=O)N1CCC[C@]2(CC1)CN(c1ccccc1)C(=O)O2. The maximum atomic E-state index is 13.4. The molecule has 1 N–H and O–H groups in total. The fourth-order valence-corrected chi connectivity index (χ4v) is 4.73. The van der Waals surface area contributed by atoms with Gasteiger partial charge in [-0.1, -0.05) is 30.3 Å². The van der Waals surface area contributed by atoms with Crippen molar-refractivity contribution in [1.29, 1.82) is 0 Å². The highest BCUT2D eigenvalue weighted by molar-refractivity contribution is 5.92. The van der Waals surface area contributed by atoms with E-state index >= 15 is 0 Å². The number of carbonyl (C=O) groups is 3. The second kappa shape index (κ2) is 9.44. The summed E-state index contributed by atoms with van der Waals surface area (Å²) in [5.74, 6) is -0.947. The molecule has 2 aliphatic rings. The molecule has 4 rings (SSSR count). The van der Waals surface area contributed by atoms with E-state index in [2.05, 4.69) is 5.32 Å². The minimum Gasteiger partial charge on any atom is -0.441 e. The van der Waals surface area contributed by atoms with Gasteiger partial charge in [-0.2, -0.15) is 0 Å². The molecule has 1 spiro atoms. The van der Waals surface area contributed by atoms with Crippen molar-refractivity contribution in [1.82, 2.24) is 10.2 Å². The van der Waals surface area contributed by atoms with Crippen molar-refractivity contribution in [2.75, 3.05) is 24.5 Å². The van der Waals surface area contributed by atoms with E-state index in [4.69, 9.17) is 4.74 Å². The Morgan fingerprint density at radius 2 is 1.85 bits per heavy atom. The lowest BCUT2D eigenvalue weighted by Crippen LogP contribution is -2.56. The van der Waals surface area contributed by atoms with E-state index in [1.165, 1.54) is 12.1 Å². The fraction of sp³-hybridized carbons (Fsp3) is 0.423. The molecule has 0 saturated carbocycles. The number of hydrogen-bond donors (Lipinski definition) is 1. The predicted molar refractivity (Wildman–Crippen MR) is 126 cm³/mol. The molecule has 7 nitrogen and oxygen atoms in total. The Hall–Kier alpha value is -3.42. The Labute approximate surface area is 198 Å². The Morgan fingerprint density at radius 1 is 1.09 bits per heavy atom. The summed E-state index contributed by atoms with van der Waals surface area (Å²) in [5, 5.41) is 2.79. The highest BCUT2D eigenvalue weighted by atomic mass is 19.1. The van der Waals surface area contributed by atoms with E-state index in [1.54, 1.807) is 35.8 Å². The average molecular weight is 468 g/mol. The van der Waals surface area contributed by atoms with Crippen LogP contribution in [0.2, 0.25) is 0 Å². The molecule has 2 heterocycles. The summed E-state index contributed by atoms with van der Waals surface area (Å²) in [6.07, 6.45) is 1.51. The van der Waals surface area contributed by atoms with Crippen LogP contribution in [0.5, 0.6) is 0 Å². The molecular weight excluding hydrogens is 437 g/mol. The molecule has 2 aliphatic heterocycles. The lowest BCUT2D eigenvalue weighted by Gasteiger charge is -2.32.